The summed E-state index contributed by atoms with van der Waals surface area (Å²) in [5.41, 5.74) is 2.13. The molecule has 0 atom stereocenters. The second-order valence-electron chi connectivity index (χ2n) is 5.85. The van der Waals surface area contributed by atoms with Crippen LogP contribution in [0.2, 0.25) is 0 Å². The monoisotopic (exact) mass is 356 g/mol. The lowest BCUT2D eigenvalue weighted by Gasteiger charge is -2.08. The normalized spacial score (nSPS) is 10.8. The molecule has 134 valence electrons. The van der Waals surface area contributed by atoms with E-state index < -0.39 is 23.1 Å². The number of halogens is 2. The highest BCUT2D eigenvalue weighted by Crippen LogP contribution is 2.17. The van der Waals surface area contributed by atoms with Crippen LogP contribution in [-0.4, -0.2) is 27.2 Å². The van der Waals surface area contributed by atoms with Gasteiger partial charge in [-0.2, -0.15) is 5.10 Å². The molecule has 0 bridgehead atoms. The van der Waals surface area contributed by atoms with Gasteiger partial charge in [0.2, 0.25) is 0 Å². The van der Waals surface area contributed by atoms with Gasteiger partial charge in [-0.15, -0.1) is 0 Å². The SMILES string of the molecule is Cc1nn(-c2ccccn2)c(C)c1CCNC(=O)c1c(F)cccc1F. The van der Waals surface area contributed by atoms with Crippen molar-refractivity contribution in [1.82, 2.24) is 20.1 Å². The van der Waals surface area contributed by atoms with Gasteiger partial charge in [0.05, 0.1) is 5.69 Å². The molecule has 0 saturated carbocycles. The van der Waals surface area contributed by atoms with Crippen LogP contribution in [0.1, 0.15) is 27.3 Å². The van der Waals surface area contributed by atoms with Gasteiger partial charge in [-0.1, -0.05) is 12.1 Å². The molecule has 0 aliphatic carbocycles. The van der Waals surface area contributed by atoms with E-state index in [1.165, 1.54) is 6.07 Å². The molecule has 3 rings (SSSR count). The van der Waals surface area contributed by atoms with Crippen molar-refractivity contribution < 1.29 is 13.6 Å². The Morgan fingerprint density at radius 1 is 1.12 bits per heavy atom. The number of nitrogens with one attached hydrogen (secondary N) is 1. The molecule has 26 heavy (non-hydrogen) atoms. The molecule has 0 aliphatic rings. The Morgan fingerprint density at radius 3 is 2.50 bits per heavy atom. The maximum atomic E-state index is 13.6. The van der Waals surface area contributed by atoms with E-state index in [4.69, 9.17) is 0 Å². The molecule has 0 aliphatic heterocycles. The predicted octanol–water partition coefficient (Wildman–Crippen LogP) is 3.13. The van der Waals surface area contributed by atoms with Crippen molar-refractivity contribution in [3.05, 3.63) is 76.7 Å². The fourth-order valence-electron chi connectivity index (χ4n) is 2.84. The minimum absolute atomic E-state index is 0.238. The number of hydrogen-bond donors (Lipinski definition) is 1. The summed E-state index contributed by atoms with van der Waals surface area (Å²) in [4.78, 5) is 16.3. The van der Waals surface area contributed by atoms with Gasteiger partial charge >= 0.3 is 0 Å². The molecule has 0 spiro atoms. The van der Waals surface area contributed by atoms with Crippen LogP contribution in [0.3, 0.4) is 0 Å². The first-order chi connectivity index (χ1) is 12.5. The third-order valence-electron chi connectivity index (χ3n) is 4.16. The number of carbonyl (C=O) groups excluding carboxylic acids is 1. The second-order valence-corrected chi connectivity index (χ2v) is 5.85. The van der Waals surface area contributed by atoms with Crippen molar-refractivity contribution in [1.29, 1.82) is 0 Å². The van der Waals surface area contributed by atoms with Gasteiger partial charge in [-0.25, -0.2) is 18.4 Å². The molecule has 1 aromatic carbocycles. The summed E-state index contributed by atoms with van der Waals surface area (Å²) in [6, 6.07) is 8.90. The zero-order valence-corrected chi connectivity index (χ0v) is 14.5. The van der Waals surface area contributed by atoms with E-state index in [0.29, 0.717) is 12.2 Å². The summed E-state index contributed by atoms with van der Waals surface area (Å²) in [5.74, 6) is -1.82. The van der Waals surface area contributed by atoms with E-state index in [0.717, 1.165) is 29.1 Å². The van der Waals surface area contributed by atoms with Crippen LogP contribution in [0.5, 0.6) is 0 Å². The third kappa shape index (κ3) is 3.46. The first-order valence-electron chi connectivity index (χ1n) is 8.17. The lowest BCUT2D eigenvalue weighted by molar-refractivity contribution is 0.0945. The number of pyridine rings is 1. The molecule has 5 nitrogen and oxygen atoms in total. The Morgan fingerprint density at radius 2 is 1.85 bits per heavy atom. The summed E-state index contributed by atoms with van der Waals surface area (Å²) < 4.78 is 29.0. The van der Waals surface area contributed by atoms with E-state index in [2.05, 4.69) is 15.4 Å². The molecule has 0 unspecified atom stereocenters. The first kappa shape index (κ1) is 17.7. The van der Waals surface area contributed by atoms with Crippen molar-refractivity contribution in [2.24, 2.45) is 0 Å². The molecular weight excluding hydrogens is 338 g/mol. The van der Waals surface area contributed by atoms with Crippen LogP contribution in [0.15, 0.2) is 42.6 Å². The zero-order chi connectivity index (χ0) is 18.7. The third-order valence-corrected chi connectivity index (χ3v) is 4.16. The fourth-order valence-corrected chi connectivity index (χ4v) is 2.84. The number of carbonyl (C=O) groups is 1. The Labute approximate surface area is 149 Å². The van der Waals surface area contributed by atoms with Gasteiger partial charge in [-0.05, 0) is 50.1 Å². The van der Waals surface area contributed by atoms with Crippen LogP contribution in [0, 0.1) is 25.5 Å². The molecule has 1 N–H and O–H groups in total. The molecule has 0 fully saturated rings. The minimum atomic E-state index is -0.877. The van der Waals surface area contributed by atoms with Crippen LogP contribution in [0.25, 0.3) is 5.82 Å². The van der Waals surface area contributed by atoms with Gasteiger partial charge in [0.25, 0.3) is 5.91 Å². The quantitative estimate of drug-likeness (QED) is 0.764. The van der Waals surface area contributed by atoms with Crippen molar-refractivity contribution >= 4 is 5.91 Å². The topological polar surface area (TPSA) is 59.8 Å². The molecule has 2 aromatic heterocycles. The lowest BCUT2D eigenvalue weighted by Crippen LogP contribution is -2.27. The van der Waals surface area contributed by atoms with Gasteiger partial charge < -0.3 is 5.32 Å². The highest BCUT2D eigenvalue weighted by atomic mass is 19.1. The molecule has 3 aromatic rings. The minimum Gasteiger partial charge on any atom is -0.352 e. The number of benzene rings is 1. The standard InChI is InChI=1S/C19H18F2N4O/c1-12-14(13(2)25(24-12)17-8-3-4-10-22-17)9-11-23-19(26)18-15(20)6-5-7-16(18)21/h3-8,10H,9,11H2,1-2H3,(H,23,26). The smallest absolute Gasteiger partial charge is 0.257 e. The fraction of sp³-hybridized carbons (Fsp3) is 0.211. The Hall–Kier alpha value is -3.09. The average molecular weight is 356 g/mol. The molecule has 0 saturated heterocycles. The highest BCUT2D eigenvalue weighted by Gasteiger charge is 2.18. The molecular formula is C19H18F2N4O. The number of nitrogens with zero attached hydrogens (tertiary/aromatic N) is 3. The van der Waals surface area contributed by atoms with E-state index in [9.17, 15) is 13.6 Å². The summed E-state index contributed by atoms with van der Waals surface area (Å²) in [5, 5.41) is 7.05. The van der Waals surface area contributed by atoms with Gasteiger partial charge in [0.1, 0.15) is 17.2 Å². The number of hydrogen-bond acceptors (Lipinski definition) is 3. The number of rotatable bonds is 5. The molecule has 7 heteroatoms. The van der Waals surface area contributed by atoms with Crippen LogP contribution in [-0.2, 0) is 6.42 Å². The zero-order valence-electron chi connectivity index (χ0n) is 14.5. The van der Waals surface area contributed by atoms with Crippen molar-refractivity contribution in [2.45, 2.75) is 20.3 Å². The van der Waals surface area contributed by atoms with E-state index in [1.54, 1.807) is 10.9 Å². The predicted molar refractivity (Wildman–Crippen MR) is 93.2 cm³/mol. The maximum Gasteiger partial charge on any atom is 0.257 e. The molecule has 0 radical (unpaired) electrons. The Bertz CT molecular complexity index is 918. The second kappa shape index (κ2) is 7.43. The largest absolute Gasteiger partial charge is 0.352 e. The summed E-state index contributed by atoms with van der Waals surface area (Å²) in [7, 11) is 0. The van der Waals surface area contributed by atoms with Gasteiger partial charge in [0.15, 0.2) is 5.82 Å². The maximum absolute atomic E-state index is 13.6. The first-order valence-corrected chi connectivity index (χ1v) is 8.17. The van der Waals surface area contributed by atoms with Crippen molar-refractivity contribution in [3.63, 3.8) is 0 Å². The van der Waals surface area contributed by atoms with Crippen LogP contribution < -0.4 is 5.32 Å². The summed E-state index contributed by atoms with van der Waals surface area (Å²) in [6.07, 6.45) is 2.18. The van der Waals surface area contributed by atoms with E-state index in [1.807, 2.05) is 32.0 Å². The van der Waals surface area contributed by atoms with Crippen molar-refractivity contribution in [3.8, 4) is 5.82 Å². The van der Waals surface area contributed by atoms with Gasteiger partial charge in [-0.3, -0.25) is 4.79 Å². The summed E-state index contributed by atoms with van der Waals surface area (Å²) in [6.45, 7) is 4.03. The Kier molecular flexibility index (Phi) is 5.06. The molecule has 1 amide bonds. The summed E-state index contributed by atoms with van der Waals surface area (Å²) >= 11 is 0. The van der Waals surface area contributed by atoms with E-state index in [-0.39, 0.29) is 6.54 Å². The molecule has 2 heterocycles. The highest BCUT2D eigenvalue weighted by molar-refractivity contribution is 5.94. The van der Waals surface area contributed by atoms with E-state index >= 15 is 0 Å². The number of aromatic nitrogens is 3. The van der Waals surface area contributed by atoms with Crippen LogP contribution >= 0.6 is 0 Å². The lowest BCUT2D eigenvalue weighted by atomic mass is 10.1. The average Bonchev–Trinajstić information content (AvgIpc) is 2.90. The number of aryl methyl sites for hydroxylation is 1. The number of amides is 1. The van der Waals surface area contributed by atoms with Gasteiger partial charge in [0, 0.05) is 18.4 Å². The van der Waals surface area contributed by atoms with Crippen molar-refractivity contribution in [2.75, 3.05) is 6.54 Å². The Balaban J connectivity index is 1.71. The van der Waals surface area contributed by atoms with Crippen LogP contribution in [0.4, 0.5) is 8.78 Å².